The highest BCUT2D eigenvalue weighted by Gasteiger charge is 2.38. The van der Waals surface area contributed by atoms with Crippen molar-refractivity contribution in [3.63, 3.8) is 0 Å². The van der Waals surface area contributed by atoms with Gasteiger partial charge in [-0.2, -0.15) is 5.10 Å². The Hall–Kier alpha value is -3.52. The largest absolute Gasteiger partial charge is 0.316 e. The quantitative estimate of drug-likeness (QED) is 0.701. The second-order valence-corrected chi connectivity index (χ2v) is 7.40. The van der Waals surface area contributed by atoms with Crippen molar-refractivity contribution in [1.82, 2.24) is 20.5 Å². The van der Waals surface area contributed by atoms with Gasteiger partial charge in [0.15, 0.2) is 5.78 Å². The molecule has 0 radical (unpaired) electrons. The molecule has 0 amide bonds. The van der Waals surface area contributed by atoms with Crippen molar-refractivity contribution >= 4 is 23.4 Å². The molecule has 3 heterocycles. The number of aromatic nitrogens is 3. The van der Waals surface area contributed by atoms with E-state index < -0.39 is 5.82 Å². The van der Waals surface area contributed by atoms with Gasteiger partial charge in [0.2, 0.25) is 0 Å². The first-order valence-electron chi connectivity index (χ1n) is 9.70. The van der Waals surface area contributed by atoms with Crippen molar-refractivity contribution in [2.45, 2.75) is 18.4 Å². The number of benzene rings is 2. The van der Waals surface area contributed by atoms with E-state index in [0.717, 1.165) is 17.7 Å². The van der Waals surface area contributed by atoms with Crippen molar-refractivity contribution in [3.05, 3.63) is 76.6 Å². The van der Waals surface area contributed by atoms with Crippen molar-refractivity contribution in [2.24, 2.45) is 9.98 Å². The second-order valence-electron chi connectivity index (χ2n) is 7.40. The minimum Gasteiger partial charge on any atom is -0.316 e. The lowest BCUT2D eigenvalue weighted by Gasteiger charge is -2.26. The maximum absolute atomic E-state index is 14.2. The van der Waals surface area contributed by atoms with Crippen molar-refractivity contribution < 1.29 is 9.18 Å². The summed E-state index contributed by atoms with van der Waals surface area (Å²) in [6, 6.07) is 10.9. The number of H-pyrrole nitrogens is 1. The first-order chi connectivity index (χ1) is 14.7. The standard InChI is InChI=1S/C22H19FN6O/c1-24-8-12-2-4-13(5-3-12)16-9-25-17-7-14(23)6-15-18(30)10-26-21(19(15)17)20(16)22-27-11-28-29-22/h2-7,9,11,16,20,24H,8,10H2,1H3,(H,27,28,29). The number of ketones is 1. The molecule has 2 aliphatic rings. The maximum atomic E-state index is 14.2. The van der Waals surface area contributed by atoms with Crippen LogP contribution in [0.3, 0.4) is 0 Å². The number of rotatable bonds is 4. The highest BCUT2D eigenvalue weighted by atomic mass is 19.1. The van der Waals surface area contributed by atoms with Crippen molar-refractivity contribution in [3.8, 4) is 0 Å². The number of aliphatic imine (C=N–C) groups is 2. The first-order valence-corrected chi connectivity index (χ1v) is 9.70. The number of carbonyl (C=O) groups is 1. The average Bonchev–Trinajstić information content (AvgIpc) is 3.22. The van der Waals surface area contributed by atoms with Gasteiger partial charge in [-0.15, -0.1) is 0 Å². The summed E-state index contributed by atoms with van der Waals surface area (Å²) in [6.07, 6.45) is 3.24. The summed E-state index contributed by atoms with van der Waals surface area (Å²) in [6.45, 7) is 0.747. The molecule has 2 N–H and O–H groups in total. The highest BCUT2D eigenvalue weighted by Crippen LogP contribution is 2.41. The van der Waals surface area contributed by atoms with Gasteiger partial charge in [-0.1, -0.05) is 24.3 Å². The Morgan fingerprint density at radius 3 is 2.80 bits per heavy atom. The van der Waals surface area contributed by atoms with Crippen LogP contribution in [0.4, 0.5) is 10.1 Å². The van der Waals surface area contributed by atoms with E-state index in [2.05, 4.69) is 54.7 Å². The van der Waals surface area contributed by atoms with Gasteiger partial charge in [0.25, 0.3) is 0 Å². The number of Topliss-reactive ketones (excluding diaryl/α,β-unsaturated/α-hetero) is 1. The molecule has 2 aliphatic heterocycles. The summed E-state index contributed by atoms with van der Waals surface area (Å²) < 4.78 is 14.2. The molecule has 150 valence electrons. The molecule has 2 atom stereocenters. The third-order valence-corrected chi connectivity index (χ3v) is 5.53. The summed E-state index contributed by atoms with van der Waals surface area (Å²) in [4.78, 5) is 26.0. The molecule has 30 heavy (non-hydrogen) atoms. The summed E-state index contributed by atoms with van der Waals surface area (Å²) in [7, 11) is 1.91. The summed E-state index contributed by atoms with van der Waals surface area (Å²) >= 11 is 0. The van der Waals surface area contributed by atoms with Crippen LogP contribution >= 0.6 is 0 Å². The van der Waals surface area contributed by atoms with Gasteiger partial charge >= 0.3 is 0 Å². The summed E-state index contributed by atoms with van der Waals surface area (Å²) in [5, 5.41) is 10.1. The van der Waals surface area contributed by atoms with Gasteiger partial charge < -0.3 is 5.32 Å². The van der Waals surface area contributed by atoms with E-state index in [0.29, 0.717) is 28.4 Å². The molecule has 0 aliphatic carbocycles. The normalized spacial score (nSPS) is 19.9. The minimum atomic E-state index is -0.485. The van der Waals surface area contributed by atoms with E-state index in [1.54, 1.807) is 6.21 Å². The Labute approximate surface area is 172 Å². The van der Waals surface area contributed by atoms with Crippen LogP contribution in [-0.4, -0.2) is 46.5 Å². The van der Waals surface area contributed by atoms with Crippen molar-refractivity contribution in [1.29, 1.82) is 0 Å². The Bertz CT molecular complexity index is 1170. The summed E-state index contributed by atoms with van der Waals surface area (Å²) in [5.74, 6) is -0.610. The molecule has 7 nitrogen and oxygen atoms in total. The molecule has 2 aromatic carbocycles. The molecule has 2 unspecified atom stereocenters. The third-order valence-electron chi connectivity index (χ3n) is 5.53. The van der Waals surface area contributed by atoms with E-state index in [4.69, 9.17) is 0 Å². The molecule has 0 saturated heterocycles. The molecular formula is C22H19FN6O. The number of nitrogens with zero attached hydrogens (tertiary/aromatic N) is 4. The highest BCUT2D eigenvalue weighted by molar-refractivity contribution is 6.21. The summed E-state index contributed by atoms with van der Waals surface area (Å²) in [5.41, 5.74) is 4.18. The lowest BCUT2D eigenvalue weighted by molar-refractivity contribution is 0.0999. The Morgan fingerprint density at radius 2 is 2.07 bits per heavy atom. The van der Waals surface area contributed by atoms with Gasteiger partial charge in [0.05, 0.1) is 17.3 Å². The molecule has 0 saturated carbocycles. The smallest absolute Gasteiger partial charge is 0.185 e. The number of hydrogen-bond acceptors (Lipinski definition) is 6. The topological polar surface area (TPSA) is 95.4 Å². The average molecular weight is 402 g/mol. The molecule has 0 fully saturated rings. The number of nitrogens with one attached hydrogen (secondary N) is 2. The number of aromatic amines is 1. The van der Waals surface area contributed by atoms with Crippen LogP contribution in [-0.2, 0) is 6.54 Å². The van der Waals surface area contributed by atoms with Crippen LogP contribution in [0.25, 0.3) is 0 Å². The number of carbonyl (C=O) groups excluding carboxylic acids is 1. The second kappa shape index (κ2) is 7.38. The molecule has 3 aromatic rings. The molecule has 5 rings (SSSR count). The van der Waals surface area contributed by atoms with Crippen LogP contribution in [0, 0.1) is 5.82 Å². The lowest BCUT2D eigenvalue weighted by Crippen LogP contribution is -2.28. The number of halogens is 1. The van der Waals surface area contributed by atoms with Gasteiger partial charge in [-0.25, -0.2) is 9.37 Å². The first kappa shape index (κ1) is 18.5. The zero-order chi connectivity index (χ0) is 20.7. The molecule has 0 bridgehead atoms. The SMILES string of the molecule is CNCc1ccc(C2C=Nc3cc(F)cc4c3C(=NCC4=O)C2c2ncn[nH]2)cc1. The lowest BCUT2D eigenvalue weighted by atomic mass is 9.79. The maximum Gasteiger partial charge on any atom is 0.185 e. The third kappa shape index (κ3) is 3.05. The van der Waals surface area contributed by atoms with E-state index in [1.807, 2.05) is 7.05 Å². The fourth-order valence-corrected chi connectivity index (χ4v) is 4.18. The van der Waals surface area contributed by atoms with Crippen LogP contribution in [0.1, 0.15) is 44.7 Å². The Kier molecular flexibility index (Phi) is 4.55. The van der Waals surface area contributed by atoms with Gasteiger partial charge in [0.1, 0.15) is 24.5 Å². The van der Waals surface area contributed by atoms with Crippen LogP contribution in [0.2, 0.25) is 0 Å². The van der Waals surface area contributed by atoms with E-state index >= 15 is 0 Å². The Balaban J connectivity index is 1.69. The fraction of sp³-hybridized carbons (Fsp3) is 0.227. The van der Waals surface area contributed by atoms with E-state index in [9.17, 15) is 9.18 Å². The Morgan fingerprint density at radius 1 is 1.23 bits per heavy atom. The molecular weight excluding hydrogens is 383 g/mol. The van der Waals surface area contributed by atoms with E-state index in [-0.39, 0.29) is 24.2 Å². The van der Waals surface area contributed by atoms with Crippen LogP contribution in [0.15, 0.2) is 52.7 Å². The predicted octanol–water partition coefficient (Wildman–Crippen LogP) is 2.93. The zero-order valence-electron chi connectivity index (χ0n) is 16.3. The molecule has 8 heteroatoms. The number of hydrogen-bond donors (Lipinski definition) is 2. The fourth-order valence-electron chi connectivity index (χ4n) is 4.18. The molecule has 1 aromatic heterocycles. The van der Waals surface area contributed by atoms with Crippen LogP contribution < -0.4 is 5.32 Å². The minimum absolute atomic E-state index is 0.0241. The monoisotopic (exact) mass is 402 g/mol. The van der Waals surface area contributed by atoms with E-state index in [1.165, 1.54) is 18.5 Å². The van der Waals surface area contributed by atoms with Crippen LogP contribution in [0.5, 0.6) is 0 Å². The van der Waals surface area contributed by atoms with Gasteiger partial charge in [-0.05, 0) is 24.2 Å². The van der Waals surface area contributed by atoms with Gasteiger partial charge in [0, 0.05) is 35.9 Å². The molecule has 0 spiro atoms. The predicted molar refractivity (Wildman–Crippen MR) is 111 cm³/mol. The zero-order valence-corrected chi connectivity index (χ0v) is 16.3. The van der Waals surface area contributed by atoms with Crippen molar-refractivity contribution in [2.75, 3.05) is 13.6 Å². The van der Waals surface area contributed by atoms with Gasteiger partial charge in [-0.3, -0.25) is 19.9 Å².